The molecule has 2 aromatic rings. The number of aliphatic hydroxyl groups excluding tert-OH is 2. The summed E-state index contributed by atoms with van der Waals surface area (Å²) in [4.78, 5) is 22.3. The Morgan fingerprint density at radius 1 is 1.08 bits per heavy atom. The van der Waals surface area contributed by atoms with Gasteiger partial charge in [0.1, 0.15) is 29.9 Å². The van der Waals surface area contributed by atoms with Crippen LogP contribution in [0.25, 0.3) is 0 Å². The molecule has 6 atom stereocenters. The first-order valence-corrected chi connectivity index (χ1v) is 20.0. The van der Waals surface area contributed by atoms with Crippen LogP contribution in [0.2, 0.25) is 0 Å². The Kier molecular flexibility index (Phi) is 14.5. The molecular formula is C41H56N2O8S. The topological polar surface area (TPSA) is 119 Å². The number of amides is 1. The van der Waals surface area contributed by atoms with E-state index in [0.29, 0.717) is 50.3 Å². The first-order chi connectivity index (χ1) is 25.4. The summed E-state index contributed by atoms with van der Waals surface area (Å²) in [6.45, 7) is 9.19. The molecular weight excluding hydrogens is 681 g/mol. The lowest BCUT2D eigenvalue weighted by Crippen LogP contribution is -2.70. The highest BCUT2D eigenvalue weighted by Crippen LogP contribution is 2.62. The molecule has 11 heteroatoms. The number of rotatable bonds is 19. The van der Waals surface area contributed by atoms with E-state index >= 15 is 0 Å². The highest BCUT2D eigenvalue weighted by atomic mass is 32.2. The third-order valence-electron chi connectivity index (χ3n) is 10.5. The van der Waals surface area contributed by atoms with Crippen LogP contribution < -0.4 is 9.47 Å². The Hall–Kier alpha value is -3.51. The van der Waals surface area contributed by atoms with Gasteiger partial charge in [-0.1, -0.05) is 37.1 Å². The molecule has 0 bridgehead atoms. The molecule has 2 N–H and O–H groups in total. The number of carbonyl (C=O) groups excluding carboxylic acids is 1. The second-order valence-electron chi connectivity index (χ2n) is 13.6. The first-order valence-electron chi connectivity index (χ1n) is 18.8. The molecule has 3 aliphatic rings. The van der Waals surface area contributed by atoms with E-state index in [1.165, 1.54) is 7.11 Å². The van der Waals surface area contributed by atoms with Crippen LogP contribution in [0.1, 0.15) is 76.7 Å². The second-order valence-corrected chi connectivity index (χ2v) is 14.5. The highest BCUT2D eigenvalue weighted by Gasteiger charge is 2.65. The predicted molar refractivity (Wildman–Crippen MR) is 204 cm³/mol. The number of aliphatic hydroxyl groups is 2. The van der Waals surface area contributed by atoms with E-state index in [4.69, 9.17) is 28.9 Å². The maximum atomic E-state index is 13.6. The van der Waals surface area contributed by atoms with Crippen LogP contribution in [-0.2, 0) is 14.3 Å². The van der Waals surface area contributed by atoms with Crippen molar-refractivity contribution in [3.63, 3.8) is 0 Å². The van der Waals surface area contributed by atoms with Crippen molar-refractivity contribution >= 4 is 23.6 Å². The maximum Gasteiger partial charge on any atom is 0.409 e. The molecule has 0 spiro atoms. The molecule has 10 nitrogen and oxygen atoms in total. The van der Waals surface area contributed by atoms with Gasteiger partial charge in [0, 0.05) is 42.6 Å². The Morgan fingerprint density at radius 3 is 2.46 bits per heavy atom. The normalized spacial score (nSPS) is 25.3. The number of benzene rings is 2. The third kappa shape index (κ3) is 8.48. The number of unbranched alkanes of at least 4 members (excludes halogenated alkanes) is 2. The summed E-state index contributed by atoms with van der Waals surface area (Å²) in [6.07, 6.45) is 11.5. The van der Waals surface area contributed by atoms with Crippen molar-refractivity contribution in [1.29, 1.82) is 0 Å². The molecule has 2 aliphatic carbocycles. The summed E-state index contributed by atoms with van der Waals surface area (Å²) >= 11 is 1.68. The molecule has 2 aromatic carbocycles. The first kappa shape index (κ1) is 39.7. The minimum atomic E-state index is -1.31. The van der Waals surface area contributed by atoms with Gasteiger partial charge in [-0.25, -0.2) is 4.79 Å². The molecule has 1 aliphatic heterocycles. The number of thioether (sulfide) groups is 1. The lowest BCUT2D eigenvalue weighted by molar-refractivity contribution is -0.255. The number of fused-ring (bicyclic) bond motifs is 2. The third-order valence-corrected chi connectivity index (χ3v) is 11.2. The Morgan fingerprint density at radius 2 is 1.81 bits per heavy atom. The zero-order valence-electron chi connectivity index (χ0n) is 31.1. The second kappa shape index (κ2) is 19.0. The number of allylic oxidation sites excluding steroid dienone is 1. The van der Waals surface area contributed by atoms with Gasteiger partial charge < -0.3 is 34.0 Å². The number of hydrogen-bond acceptors (Lipinski definition) is 10. The molecule has 52 heavy (non-hydrogen) atoms. The van der Waals surface area contributed by atoms with Crippen LogP contribution in [0.3, 0.4) is 0 Å². The summed E-state index contributed by atoms with van der Waals surface area (Å²) in [7, 11) is 1.40. The summed E-state index contributed by atoms with van der Waals surface area (Å²) in [5.41, 5.74) is 2.76. The number of oxime groups is 1. The van der Waals surface area contributed by atoms with Gasteiger partial charge in [-0.2, -0.15) is 0 Å². The number of methoxy groups -OCH3 is 1. The zero-order chi connectivity index (χ0) is 37.1. The maximum absolute atomic E-state index is 13.6. The number of nitrogens with zero attached hydrogens (tertiary/aromatic N) is 2. The minimum absolute atomic E-state index is 0.120. The average Bonchev–Trinajstić information content (AvgIpc) is 3.17. The number of carbonyl (C=O) groups is 1. The van der Waals surface area contributed by atoms with E-state index in [-0.39, 0.29) is 43.5 Å². The Bertz CT molecular complexity index is 1550. The van der Waals surface area contributed by atoms with Gasteiger partial charge in [-0.15, -0.1) is 18.3 Å². The van der Waals surface area contributed by atoms with E-state index in [1.807, 2.05) is 56.5 Å². The van der Waals surface area contributed by atoms with Gasteiger partial charge in [-0.05, 0) is 105 Å². The Balaban J connectivity index is 1.76. The van der Waals surface area contributed by atoms with Gasteiger partial charge in [0.2, 0.25) is 5.79 Å². The van der Waals surface area contributed by atoms with E-state index < -0.39 is 17.9 Å². The van der Waals surface area contributed by atoms with Gasteiger partial charge >= 0.3 is 6.09 Å². The quantitative estimate of drug-likeness (QED) is 0.0635. The summed E-state index contributed by atoms with van der Waals surface area (Å²) in [5, 5.41) is 24.3. The fourth-order valence-corrected chi connectivity index (χ4v) is 8.77. The van der Waals surface area contributed by atoms with Gasteiger partial charge in [0.25, 0.3) is 0 Å². The molecule has 1 heterocycles. The van der Waals surface area contributed by atoms with Crippen LogP contribution in [0, 0.1) is 17.8 Å². The predicted octanol–water partition coefficient (Wildman–Crippen LogP) is 8.33. The van der Waals surface area contributed by atoms with Gasteiger partial charge in [-0.3, -0.25) is 4.90 Å². The molecule has 0 aromatic heterocycles. The van der Waals surface area contributed by atoms with Crippen molar-refractivity contribution in [1.82, 2.24) is 4.90 Å². The fourth-order valence-electron chi connectivity index (χ4n) is 8.37. The van der Waals surface area contributed by atoms with Crippen molar-refractivity contribution < 1.29 is 38.8 Å². The standard InChI is InChI=1S/C41H56N2O8S/c1-6-21-43(40(46)47-4)37-27-35(42-49-8-3)33-25-28(13-9-11-22-44)32(14-10-12-23-45)38-34-26-30(50-29-15-18-31(52-5)19-16-29)17-20-36(34)51-41(37,39(33)38)48-24-7-2/h7,15-20,25-26,28,32,37-39,44-45H,2,6,8-14,21-24,27H2,1,3-5H3. The van der Waals surface area contributed by atoms with Gasteiger partial charge in [0.05, 0.1) is 25.3 Å². The molecule has 0 radical (unpaired) electrons. The van der Waals surface area contributed by atoms with Crippen LogP contribution in [0.4, 0.5) is 4.79 Å². The molecule has 5 rings (SSSR count). The molecule has 6 unspecified atom stereocenters. The van der Waals surface area contributed by atoms with Crippen molar-refractivity contribution in [2.45, 2.75) is 87.9 Å². The number of ether oxygens (including phenoxy) is 4. The van der Waals surface area contributed by atoms with E-state index in [1.54, 1.807) is 22.7 Å². The van der Waals surface area contributed by atoms with Crippen LogP contribution in [0.15, 0.2) is 76.8 Å². The minimum Gasteiger partial charge on any atom is -0.459 e. The monoisotopic (exact) mass is 736 g/mol. The van der Waals surface area contributed by atoms with E-state index in [9.17, 15) is 15.0 Å². The SMILES string of the molecule is C=CCOC12Oc3ccc(Oc4ccc(SC)cc4)cc3C3C(CCCCO)C(CCCCO)C=C(C(=NOCC)CC1N(CCC)C(=O)OC)C32. The smallest absolute Gasteiger partial charge is 0.409 e. The highest BCUT2D eigenvalue weighted by molar-refractivity contribution is 7.98. The lowest BCUT2D eigenvalue weighted by Gasteiger charge is -2.59. The number of hydrogen-bond donors (Lipinski definition) is 2. The summed E-state index contributed by atoms with van der Waals surface area (Å²) in [5.74, 6) is 0.538. The van der Waals surface area contributed by atoms with Crippen molar-refractivity contribution in [3.05, 3.63) is 72.3 Å². The lowest BCUT2D eigenvalue weighted by atomic mass is 9.55. The van der Waals surface area contributed by atoms with Crippen LogP contribution in [0.5, 0.6) is 17.2 Å². The Labute approximate surface area is 313 Å². The largest absolute Gasteiger partial charge is 0.459 e. The van der Waals surface area contributed by atoms with Gasteiger partial charge in [0.15, 0.2) is 0 Å². The zero-order valence-corrected chi connectivity index (χ0v) is 31.9. The molecule has 1 fully saturated rings. The fraction of sp³-hybridized carbons (Fsp3) is 0.561. The molecule has 1 amide bonds. The molecule has 1 saturated carbocycles. The van der Waals surface area contributed by atoms with E-state index in [0.717, 1.165) is 53.2 Å². The summed E-state index contributed by atoms with van der Waals surface area (Å²) < 4.78 is 26.0. The molecule has 0 saturated heterocycles. The van der Waals surface area contributed by atoms with Crippen molar-refractivity contribution in [3.8, 4) is 17.2 Å². The van der Waals surface area contributed by atoms with Crippen molar-refractivity contribution in [2.75, 3.05) is 46.3 Å². The summed E-state index contributed by atoms with van der Waals surface area (Å²) in [6, 6.07) is 13.4. The van der Waals surface area contributed by atoms with Crippen molar-refractivity contribution in [2.24, 2.45) is 22.9 Å². The average molecular weight is 737 g/mol. The van der Waals surface area contributed by atoms with Crippen LogP contribution in [-0.4, -0.2) is 85.1 Å². The molecule has 284 valence electrons. The van der Waals surface area contributed by atoms with E-state index in [2.05, 4.69) is 18.7 Å². The van der Waals surface area contributed by atoms with Crippen LogP contribution >= 0.6 is 11.8 Å².